The summed E-state index contributed by atoms with van der Waals surface area (Å²) in [6, 6.07) is 6.18. The van der Waals surface area contributed by atoms with Crippen molar-refractivity contribution in [2.75, 3.05) is 12.9 Å². The van der Waals surface area contributed by atoms with E-state index >= 15 is 0 Å². The number of sulfone groups is 1. The highest BCUT2D eigenvalue weighted by Crippen LogP contribution is 2.27. The maximum absolute atomic E-state index is 14.0. The van der Waals surface area contributed by atoms with Gasteiger partial charge < -0.3 is 9.67 Å². The Morgan fingerprint density at radius 2 is 2.00 bits per heavy atom. The van der Waals surface area contributed by atoms with Gasteiger partial charge in [0.2, 0.25) is 0 Å². The van der Waals surface area contributed by atoms with Crippen LogP contribution in [0.15, 0.2) is 41.7 Å². The lowest BCUT2D eigenvalue weighted by atomic mass is 10.3. The molecular weight excluding hydrogens is 440 g/mol. The Morgan fingerprint density at radius 1 is 1.23 bits per heavy atom. The van der Waals surface area contributed by atoms with Gasteiger partial charge in [-0.15, -0.1) is 0 Å². The smallest absolute Gasteiger partial charge is 0.288 e. The zero-order chi connectivity index (χ0) is 21.7. The molecule has 0 spiro atoms. The van der Waals surface area contributed by atoms with E-state index < -0.39 is 28.9 Å². The Labute approximate surface area is 174 Å². The molecule has 30 heavy (non-hydrogen) atoms. The van der Waals surface area contributed by atoms with Crippen LogP contribution < -0.4 is 0 Å². The number of halogens is 3. The minimum absolute atomic E-state index is 0.0917. The molecule has 3 heterocycles. The fourth-order valence-corrected chi connectivity index (χ4v) is 4.23. The van der Waals surface area contributed by atoms with E-state index in [0.717, 1.165) is 6.26 Å². The molecule has 0 radical (unpaired) electrons. The largest absolute Gasteiger partial charge is 0.390 e. The van der Waals surface area contributed by atoms with Crippen molar-refractivity contribution >= 4 is 43.4 Å². The molecule has 4 rings (SSSR count). The number of imidazole rings is 1. The number of fused-ring (bicyclic) bond motifs is 2. The predicted molar refractivity (Wildman–Crippen MR) is 107 cm³/mol. The van der Waals surface area contributed by atoms with Crippen molar-refractivity contribution in [1.82, 2.24) is 24.3 Å². The highest BCUT2D eigenvalue weighted by Gasteiger charge is 2.31. The zero-order valence-corrected chi connectivity index (χ0v) is 17.2. The SMILES string of the molecule is CS(=O)(=O)c1nn(Cc2nc3cc(Cl)ccc3n2CC(F)(F)CO)c2cnccc12. The number of hydrogen-bond donors (Lipinski definition) is 1. The van der Waals surface area contributed by atoms with E-state index in [1.807, 2.05) is 0 Å². The molecule has 0 amide bonds. The lowest BCUT2D eigenvalue weighted by molar-refractivity contribution is -0.0626. The molecule has 8 nitrogen and oxygen atoms in total. The van der Waals surface area contributed by atoms with E-state index in [-0.39, 0.29) is 17.4 Å². The molecule has 0 saturated carbocycles. The Morgan fingerprint density at radius 3 is 2.70 bits per heavy atom. The summed E-state index contributed by atoms with van der Waals surface area (Å²) in [6.07, 6.45) is 3.93. The van der Waals surface area contributed by atoms with Gasteiger partial charge in [-0.1, -0.05) is 11.6 Å². The van der Waals surface area contributed by atoms with E-state index in [1.54, 1.807) is 18.2 Å². The Bertz CT molecular complexity index is 1370. The van der Waals surface area contributed by atoms with E-state index in [2.05, 4.69) is 15.1 Å². The second-order valence-corrected chi connectivity index (χ2v) is 9.26. The first-order valence-electron chi connectivity index (χ1n) is 8.73. The highest BCUT2D eigenvalue weighted by molar-refractivity contribution is 7.90. The topological polar surface area (TPSA) is 103 Å². The van der Waals surface area contributed by atoms with Gasteiger partial charge in [-0.3, -0.25) is 9.67 Å². The van der Waals surface area contributed by atoms with Gasteiger partial charge in [-0.05, 0) is 24.3 Å². The average molecular weight is 456 g/mol. The molecule has 4 aromatic rings. The van der Waals surface area contributed by atoms with Crippen LogP contribution in [-0.2, 0) is 22.9 Å². The number of aliphatic hydroxyl groups is 1. The fraction of sp³-hybridized carbons (Fsp3) is 0.278. The van der Waals surface area contributed by atoms with Crippen LogP contribution in [0.3, 0.4) is 0 Å². The molecule has 0 atom stereocenters. The average Bonchev–Trinajstić information content (AvgIpc) is 3.20. The van der Waals surface area contributed by atoms with Gasteiger partial charge in [-0.2, -0.15) is 5.10 Å². The van der Waals surface area contributed by atoms with Crippen LogP contribution in [0.25, 0.3) is 21.9 Å². The fourth-order valence-electron chi connectivity index (χ4n) is 3.25. The summed E-state index contributed by atoms with van der Waals surface area (Å²) in [5.74, 6) is -3.18. The number of rotatable bonds is 6. The third kappa shape index (κ3) is 3.75. The molecule has 0 bridgehead atoms. The number of aliphatic hydroxyl groups excluding tert-OH is 1. The summed E-state index contributed by atoms with van der Waals surface area (Å²) in [6.45, 7) is -2.23. The second-order valence-electron chi connectivity index (χ2n) is 6.89. The number of aromatic nitrogens is 5. The first kappa shape index (κ1) is 20.6. The Hall–Kier alpha value is -2.63. The van der Waals surface area contributed by atoms with Crippen molar-refractivity contribution in [2.45, 2.75) is 24.0 Å². The molecule has 3 aromatic heterocycles. The van der Waals surface area contributed by atoms with Crippen LogP contribution in [0.1, 0.15) is 5.82 Å². The number of benzene rings is 1. The van der Waals surface area contributed by atoms with E-state index in [1.165, 1.54) is 27.7 Å². The zero-order valence-electron chi connectivity index (χ0n) is 15.6. The van der Waals surface area contributed by atoms with Crippen molar-refractivity contribution in [3.05, 3.63) is 47.5 Å². The minimum Gasteiger partial charge on any atom is -0.390 e. The molecule has 158 valence electrons. The maximum Gasteiger partial charge on any atom is 0.288 e. The first-order valence-corrected chi connectivity index (χ1v) is 11.0. The van der Waals surface area contributed by atoms with Crippen LogP contribution in [0, 0.1) is 0 Å². The third-order valence-electron chi connectivity index (χ3n) is 4.57. The number of hydrogen-bond acceptors (Lipinski definition) is 6. The monoisotopic (exact) mass is 455 g/mol. The first-order chi connectivity index (χ1) is 14.1. The van der Waals surface area contributed by atoms with Crippen LogP contribution in [-0.4, -0.2) is 56.6 Å². The minimum atomic E-state index is -3.63. The molecule has 0 saturated heterocycles. The predicted octanol–water partition coefficient (Wildman–Crippen LogP) is 2.51. The summed E-state index contributed by atoms with van der Waals surface area (Å²) in [7, 11) is -3.63. The van der Waals surface area contributed by atoms with Crippen molar-refractivity contribution in [3.63, 3.8) is 0 Å². The Balaban J connectivity index is 1.89. The van der Waals surface area contributed by atoms with Crippen molar-refractivity contribution in [1.29, 1.82) is 0 Å². The van der Waals surface area contributed by atoms with Crippen LogP contribution in [0.4, 0.5) is 8.78 Å². The summed E-state index contributed by atoms with van der Waals surface area (Å²) >= 11 is 6.00. The van der Waals surface area contributed by atoms with Crippen LogP contribution in [0.5, 0.6) is 0 Å². The summed E-state index contributed by atoms with van der Waals surface area (Å²) < 4.78 is 54.9. The summed E-state index contributed by atoms with van der Waals surface area (Å²) in [5.41, 5.74) is 1.22. The van der Waals surface area contributed by atoms with Gasteiger partial charge in [0, 0.05) is 22.9 Å². The van der Waals surface area contributed by atoms with Crippen LogP contribution in [0.2, 0.25) is 5.02 Å². The van der Waals surface area contributed by atoms with Crippen molar-refractivity contribution in [3.8, 4) is 0 Å². The molecule has 0 aliphatic heterocycles. The van der Waals surface area contributed by atoms with Gasteiger partial charge in [-0.25, -0.2) is 22.2 Å². The molecule has 0 unspecified atom stereocenters. The summed E-state index contributed by atoms with van der Waals surface area (Å²) in [5, 5.41) is 13.8. The normalized spacial score (nSPS) is 12.8. The summed E-state index contributed by atoms with van der Waals surface area (Å²) in [4.78, 5) is 8.41. The molecule has 12 heteroatoms. The Kier molecular flexibility index (Phi) is 4.99. The lowest BCUT2D eigenvalue weighted by Gasteiger charge is -2.17. The van der Waals surface area contributed by atoms with Gasteiger partial charge >= 0.3 is 0 Å². The molecule has 0 aliphatic rings. The number of pyridine rings is 1. The van der Waals surface area contributed by atoms with Gasteiger partial charge in [0.15, 0.2) is 14.9 Å². The van der Waals surface area contributed by atoms with E-state index in [0.29, 0.717) is 27.0 Å². The third-order valence-corrected chi connectivity index (χ3v) is 5.81. The highest BCUT2D eigenvalue weighted by atomic mass is 35.5. The van der Waals surface area contributed by atoms with E-state index in [4.69, 9.17) is 16.7 Å². The van der Waals surface area contributed by atoms with Gasteiger partial charge in [0.25, 0.3) is 5.92 Å². The molecule has 1 aromatic carbocycles. The second kappa shape index (κ2) is 7.25. The quantitative estimate of drug-likeness (QED) is 0.479. The van der Waals surface area contributed by atoms with Crippen molar-refractivity contribution < 1.29 is 22.3 Å². The van der Waals surface area contributed by atoms with E-state index in [9.17, 15) is 17.2 Å². The standard InChI is InChI=1S/C18H16ClF2N5O3S/c1-30(28,29)17-12-4-5-22-7-15(12)26(24-17)8-16-23-13-6-11(19)2-3-14(13)25(16)9-18(20,21)10-27/h2-7,27H,8-10H2,1H3. The maximum atomic E-state index is 14.0. The molecule has 1 N–H and O–H groups in total. The number of alkyl halides is 2. The molecule has 0 aliphatic carbocycles. The molecule has 0 fully saturated rings. The van der Waals surface area contributed by atoms with Crippen molar-refractivity contribution in [2.24, 2.45) is 0 Å². The van der Waals surface area contributed by atoms with Gasteiger partial charge in [0.1, 0.15) is 12.4 Å². The van der Waals surface area contributed by atoms with Crippen LogP contribution >= 0.6 is 11.6 Å². The van der Waals surface area contributed by atoms with Gasteiger partial charge in [0.05, 0.1) is 35.8 Å². The lowest BCUT2D eigenvalue weighted by Crippen LogP contribution is -2.29. The molecular formula is C18H16ClF2N5O3S. The number of nitrogens with zero attached hydrogens (tertiary/aromatic N) is 5.